The van der Waals surface area contributed by atoms with Crippen molar-refractivity contribution in [1.29, 1.82) is 0 Å². The first-order valence-electron chi connectivity index (χ1n) is 4.99. The maximum Gasteiger partial charge on any atom is -0.0162 e. The van der Waals surface area contributed by atoms with Crippen molar-refractivity contribution in [3.63, 3.8) is 0 Å². The molecule has 0 heterocycles. The van der Waals surface area contributed by atoms with Crippen molar-refractivity contribution in [3.05, 3.63) is 35.4 Å². The summed E-state index contributed by atoms with van der Waals surface area (Å²) in [5, 5.41) is 0. The summed E-state index contributed by atoms with van der Waals surface area (Å²) in [5.74, 6) is 0.886. The van der Waals surface area contributed by atoms with Crippen LogP contribution in [0.2, 0.25) is 0 Å². The number of benzene rings is 1. The average Bonchev–Trinajstić information content (AvgIpc) is 2.02. The van der Waals surface area contributed by atoms with E-state index in [0.29, 0.717) is 0 Å². The van der Waals surface area contributed by atoms with Gasteiger partial charge < -0.3 is 0 Å². The van der Waals surface area contributed by atoms with Crippen LogP contribution in [0.15, 0.2) is 24.3 Å². The lowest BCUT2D eigenvalue weighted by atomic mass is 9.79. The summed E-state index contributed by atoms with van der Waals surface area (Å²) >= 11 is 0. The number of hydrogen-bond donors (Lipinski definition) is 0. The molecule has 64 valence electrons. The molecular weight excluding hydrogens is 144 g/mol. The Hall–Kier alpha value is -0.780. The SMILES string of the molecule is CCc1cccc(C2CCC2)c1. The van der Waals surface area contributed by atoms with Gasteiger partial charge in [0.25, 0.3) is 0 Å². The fourth-order valence-corrected chi connectivity index (χ4v) is 1.81. The van der Waals surface area contributed by atoms with E-state index < -0.39 is 0 Å². The average molecular weight is 160 g/mol. The van der Waals surface area contributed by atoms with Gasteiger partial charge in [0.15, 0.2) is 0 Å². The summed E-state index contributed by atoms with van der Waals surface area (Å²) in [6.07, 6.45) is 5.42. The Labute approximate surface area is 74.6 Å². The molecule has 1 aliphatic carbocycles. The standard InChI is InChI=1S/C12H16/c1-2-10-5-3-8-12(9-10)11-6-4-7-11/h3,5,8-9,11H,2,4,6-7H2,1H3. The highest BCUT2D eigenvalue weighted by atomic mass is 14.2. The minimum atomic E-state index is 0.886. The van der Waals surface area contributed by atoms with E-state index in [-0.39, 0.29) is 0 Å². The van der Waals surface area contributed by atoms with E-state index in [2.05, 4.69) is 31.2 Å². The summed E-state index contributed by atoms with van der Waals surface area (Å²) < 4.78 is 0. The van der Waals surface area contributed by atoms with Crippen molar-refractivity contribution < 1.29 is 0 Å². The van der Waals surface area contributed by atoms with E-state index >= 15 is 0 Å². The van der Waals surface area contributed by atoms with Crippen LogP contribution in [0.1, 0.15) is 43.2 Å². The highest BCUT2D eigenvalue weighted by Gasteiger charge is 2.18. The van der Waals surface area contributed by atoms with E-state index in [9.17, 15) is 0 Å². The summed E-state index contributed by atoms with van der Waals surface area (Å²) in [7, 11) is 0. The third-order valence-corrected chi connectivity index (χ3v) is 2.94. The minimum Gasteiger partial charge on any atom is -0.0617 e. The van der Waals surface area contributed by atoms with Crippen LogP contribution >= 0.6 is 0 Å². The van der Waals surface area contributed by atoms with Crippen LogP contribution in [0.4, 0.5) is 0 Å². The van der Waals surface area contributed by atoms with Gasteiger partial charge in [0.1, 0.15) is 0 Å². The molecule has 1 aromatic rings. The van der Waals surface area contributed by atoms with Gasteiger partial charge in [-0.15, -0.1) is 0 Å². The van der Waals surface area contributed by atoms with Crippen LogP contribution in [0.5, 0.6) is 0 Å². The van der Waals surface area contributed by atoms with Crippen LogP contribution in [0, 0.1) is 0 Å². The van der Waals surface area contributed by atoms with Crippen LogP contribution in [0.3, 0.4) is 0 Å². The monoisotopic (exact) mass is 160 g/mol. The molecule has 1 aliphatic rings. The minimum absolute atomic E-state index is 0.886. The second-order valence-corrected chi connectivity index (χ2v) is 3.73. The van der Waals surface area contributed by atoms with Crippen molar-refractivity contribution in [1.82, 2.24) is 0 Å². The first-order chi connectivity index (χ1) is 5.90. The summed E-state index contributed by atoms with van der Waals surface area (Å²) in [6.45, 7) is 2.22. The molecule has 1 saturated carbocycles. The van der Waals surface area contributed by atoms with E-state index in [4.69, 9.17) is 0 Å². The molecule has 0 radical (unpaired) electrons. The zero-order chi connectivity index (χ0) is 8.39. The number of rotatable bonds is 2. The molecule has 0 aromatic heterocycles. The molecular formula is C12H16. The van der Waals surface area contributed by atoms with Gasteiger partial charge in [-0.25, -0.2) is 0 Å². The molecule has 0 aliphatic heterocycles. The van der Waals surface area contributed by atoms with Gasteiger partial charge in [0.05, 0.1) is 0 Å². The highest BCUT2D eigenvalue weighted by Crippen LogP contribution is 2.36. The first-order valence-corrected chi connectivity index (χ1v) is 4.99. The molecule has 1 fully saturated rings. The van der Waals surface area contributed by atoms with Gasteiger partial charge in [0.2, 0.25) is 0 Å². The maximum atomic E-state index is 2.38. The maximum absolute atomic E-state index is 2.38. The van der Waals surface area contributed by atoms with Gasteiger partial charge in [-0.1, -0.05) is 37.6 Å². The Balaban J connectivity index is 2.19. The first kappa shape index (κ1) is 7.85. The fraction of sp³-hybridized carbons (Fsp3) is 0.500. The Morgan fingerprint density at radius 2 is 2.17 bits per heavy atom. The molecule has 0 saturated heterocycles. The van der Waals surface area contributed by atoms with Gasteiger partial charge in [0, 0.05) is 0 Å². The lowest BCUT2D eigenvalue weighted by molar-refractivity contribution is 0.419. The second kappa shape index (κ2) is 3.30. The van der Waals surface area contributed by atoms with Crippen LogP contribution < -0.4 is 0 Å². The van der Waals surface area contributed by atoms with Crippen LogP contribution in [-0.2, 0) is 6.42 Å². The normalized spacial score (nSPS) is 17.4. The fourth-order valence-electron chi connectivity index (χ4n) is 1.81. The topological polar surface area (TPSA) is 0 Å². The Kier molecular flexibility index (Phi) is 2.16. The lowest BCUT2D eigenvalue weighted by Gasteiger charge is -2.26. The highest BCUT2D eigenvalue weighted by molar-refractivity contribution is 5.27. The molecule has 0 N–H and O–H groups in total. The smallest absolute Gasteiger partial charge is 0.0162 e. The predicted molar refractivity (Wildman–Crippen MR) is 52.4 cm³/mol. The molecule has 2 rings (SSSR count). The van der Waals surface area contributed by atoms with Crippen molar-refractivity contribution in [2.45, 2.75) is 38.5 Å². The molecule has 12 heavy (non-hydrogen) atoms. The Morgan fingerprint density at radius 3 is 2.75 bits per heavy atom. The van der Waals surface area contributed by atoms with Crippen molar-refractivity contribution >= 4 is 0 Å². The van der Waals surface area contributed by atoms with Gasteiger partial charge in [-0.2, -0.15) is 0 Å². The Bertz CT molecular complexity index is 258. The van der Waals surface area contributed by atoms with Crippen LogP contribution in [0.25, 0.3) is 0 Å². The largest absolute Gasteiger partial charge is 0.0617 e. The van der Waals surface area contributed by atoms with Gasteiger partial charge in [-0.3, -0.25) is 0 Å². The summed E-state index contributed by atoms with van der Waals surface area (Å²) in [4.78, 5) is 0. The quantitative estimate of drug-likeness (QED) is 0.621. The third-order valence-electron chi connectivity index (χ3n) is 2.94. The molecule has 0 amide bonds. The van der Waals surface area contributed by atoms with E-state index in [0.717, 1.165) is 5.92 Å². The van der Waals surface area contributed by atoms with Crippen LogP contribution in [-0.4, -0.2) is 0 Å². The zero-order valence-corrected chi connectivity index (χ0v) is 7.72. The van der Waals surface area contributed by atoms with Crippen molar-refractivity contribution in [3.8, 4) is 0 Å². The second-order valence-electron chi connectivity index (χ2n) is 3.73. The Morgan fingerprint density at radius 1 is 1.33 bits per heavy atom. The third kappa shape index (κ3) is 1.38. The summed E-state index contributed by atoms with van der Waals surface area (Å²) in [5.41, 5.74) is 3.06. The lowest BCUT2D eigenvalue weighted by Crippen LogP contribution is -2.08. The molecule has 0 bridgehead atoms. The van der Waals surface area contributed by atoms with Gasteiger partial charge in [-0.05, 0) is 36.3 Å². The molecule has 0 spiro atoms. The molecule has 1 aromatic carbocycles. The molecule has 0 unspecified atom stereocenters. The number of hydrogen-bond acceptors (Lipinski definition) is 0. The van der Waals surface area contributed by atoms with E-state index in [1.165, 1.54) is 31.2 Å². The number of aryl methyl sites for hydroxylation is 1. The van der Waals surface area contributed by atoms with Gasteiger partial charge >= 0.3 is 0 Å². The summed E-state index contributed by atoms with van der Waals surface area (Å²) in [6, 6.07) is 9.08. The molecule has 0 atom stereocenters. The molecule has 0 heteroatoms. The van der Waals surface area contributed by atoms with E-state index in [1.807, 2.05) is 0 Å². The predicted octanol–water partition coefficient (Wildman–Crippen LogP) is 3.52. The zero-order valence-electron chi connectivity index (χ0n) is 7.72. The van der Waals surface area contributed by atoms with Crippen molar-refractivity contribution in [2.75, 3.05) is 0 Å². The van der Waals surface area contributed by atoms with Crippen molar-refractivity contribution in [2.24, 2.45) is 0 Å². The van der Waals surface area contributed by atoms with E-state index in [1.54, 1.807) is 5.56 Å². The molecule has 0 nitrogen and oxygen atoms in total.